The van der Waals surface area contributed by atoms with Gasteiger partial charge in [0.05, 0.1) is 0 Å². The summed E-state index contributed by atoms with van der Waals surface area (Å²) in [5, 5.41) is 0. The molecular weight excluding hydrogens is 455 g/mol. The maximum absolute atomic E-state index is 3.86. The van der Waals surface area contributed by atoms with Crippen LogP contribution < -0.4 is 0 Å². The summed E-state index contributed by atoms with van der Waals surface area (Å²) in [5.74, 6) is 0.449. The molecule has 0 spiro atoms. The van der Waals surface area contributed by atoms with Crippen molar-refractivity contribution in [3.63, 3.8) is 0 Å². The Morgan fingerprint density at radius 2 is 1.62 bits per heavy atom. The van der Waals surface area contributed by atoms with Gasteiger partial charge in [0.15, 0.2) is 0 Å². The van der Waals surface area contributed by atoms with E-state index in [1.54, 1.807) is 0 Å². The zero-order valence-electron chi connectivity index (χ0n) is 14.5. The fourth-order valence-corrected chi connectivity index (χ4v) is 2.91. The van der Waals surface area contributed by atoms with Crippen LogP contribution in [0.25, 0.3) is 11.1 Å². The molecule has 0 bridgehead atoms. The van der Waals surface area contributed by atoms with E-state index in [-0.39, 0.29) is 40.7 Å². The predicted molar refractivity (Wildman–Crippen MR) is 102 cm³/mol. The Morgan fingerprint density at radius 1 is 0.958 bits per heavy atom. The molecule has 1 unspecified atom stereocenters. The van der Waals surface area contributed by atoms with E-state index in [1.165, 1.54) is 22.3 Å². The van der Waals surface area contributed by atoms with E-state index < -0.39 is 0 Å². The molecule has 24 heavy (non-hydrogen) atoms. The van der Waals surface area contributed by atoms with Gasteiger partial charge in [-0.25, -0.2) is 12.1 Å². The molecule has 1 aliphatic carbocycles. The van der Waals surface area contributed by atoms with Gasteiger partial charge in [-0.3, -0.25) is 0 Å². The van der Waals surface area contributed by atoms with Crippen molar-refractivity contribution in [3.8, 4) is 11.1 Å². The van der Waals surface area contributed by atoms with Crippen LogP contribution in [-0.4, -0.2) is 0 Å². The number of fused-ring (bicyclic) bond motifs is 3. The molecule has 0 saturated carbocycles. The van der Waals surface area contributed by atoms with Crippen LogP contribution in [0, 0.1) is 20.9 Å². The summed E-state index contributed by atoms with van der Waals surface area (Å²) < 4.78 is 0. The normalized spacial score (nSPS) is 12.8. The molecule has 3 aromatic carbocycles. The van der Waals surface area contributed by atoms with Crippen LogP contribution >= 0.6 is 0 Å². The van der Waals surface area contributed by atoms with Crippen LogP contribution in [0.3, 0.4) is 0 Å². The van der Waals surface area contributed by atoms with Gasteiger partial charge in [-0.15, -0.1) is 17.7 Å². The Bertz CT molecular complexity index is 648. The largest absolute Gasteiger partial charge is 4.00 e. The van der Waals surface area contributed by atoms with Gasteiger partial charge in [0.25, 0.3) is 0 Å². The first kappa shape index (κ1) is 22.4. The van der Waals surface area contributed by atoms with Crippen molar-refractivity contribution in [3.05, 3.63) is 117 Å². The van der Waals surface area contributed by atoms with E-state index in [9.17, 15) is 0 Å². The Kier molecular flexibility index (Phi) is 10.3. The number of rotatable bonds is 2. The first-order chi connectivity index (χ1) is 10.4. The number of benzene rings is 2. The topological polar surface area (TPSA) is 0 Å². The van der Waals surface area contributed by atoms with E-state index in [1.807, 2.05) is 42.5 Å². The second kappa shape index (κ2) is 11.0. The van der Waals surface area contributed by atoms with Gasteiger partial charge in [-0.05, 0) is 17.9 Å². The first-order valence-electron chi connectivity index (χ1n) is 7.29. The summed E-state index contributed by atoms with van der Waals surface area (Å²) in [6.45, 7) is 3.86. The molecule has 1 aliphatic rings. The van der Waals surface area contributed by atoms with Crippen LogP contribution in [0.15, 0.2) is 85.5 Å². The van der Waals surface area contributed by atoms with Crippen LogP contribution in [-0.2, 0) is 25.8 Å². The molecule has 0 heterocycles. The predicted octanol–water partition coefficient (Wildman–Crippen LogP) is 6.48. The van der Waals surface area contributed by atoms with Crippen LogP contribution in [0.2, 0.25) is 0 Å². The smallest absolute Gasteiger partial charge is 0.358 e. The van der Waals surface area contributed by atoms with Gasteiger partial charge >= 0.3 is 25.8 Å². The van der Waals surface area contributed by atoms with Crippen LogP contribution in [0.1, 0.15) is 23.5 Å². The Labute approximate surface area is 166 Å². The molecule has 1 heteroatoms. The van der Waals surface area contributed by atoms with Gasteiger partial charge in [-0.2, -0.15) is 42.5 Å². The third kappa shape index (κ3) is 4.70. The van der Waals surface area contributed by atoms with E-state index in [2.05, 4.69) is 49.0 Å². The third-order valence-electron chi connectivity index (χ3n) is 3.82. The molecule has 4 rings (SSSR count). The van der Waals surface area contributed by atoms with E-state index in [0.717, 1.165) is 6.42 Å². The summed E-state index contributed by atoms with van der Waals surface area (Å²) in [7, 11) is 0. The third-order valence-corrected chi connectivity index (χ3v) is 3.82. The van der Waals surface area contributed by atoms with Crippen molar-refractivity contribution >= 4 is 0 Å². The summed E-state index contributed by atoms with van der Waals surface area (Å²) >= 11 is 0. The second-order valence-electron chi connectivity index (χ2n) is 5.12. The number of hydrogen-bond donors (Lipinski definition) is 0. The summed E-state index contributed by atoms with van der Waals surface area (Å²) in [5.41, 5.74) is 5.44. The monoisotopic (exact) mass is 480 g/mol. The maximum atomic E-state index is 3.86. The molecule has 0 N–H and O–H groups in total. The molecule has 0 aromatic heterocycles. The quantitative estimate of drug-likeness (QED) is 0.225. The minimum atomic E-state index is 0. The molecule has 0 fully saturated rings. The van der Waals surface area contributed by atoms with Crippen molar-refractivity contribution < 1.29 is 25.8 Å². The molecule has 0 aliphatic heterocycles. The average molecular weight is 479 g/mol. The molecule has 3 aromatic rings. The molecular formula is C23H24Hf. The second-order valence-corrected chi connectivity index (χ2v) is 5.12. The number of allylic oxidation sites excluding steroid dienone is 1. The standard InChI is InChI=1S/C16H13.C5H5.2CH3.Hf/c1-2-7-12-13-8-3-5-10-15(13)16-11-6-4-9-14(12)16;1-2-4-5-3-1;;;/h2-6,8,10-12H,1,7H2;1-5H;2*1H3;/q4*-1;+4. The number of hydrogen-bond acceptors (Lipinski definition) is 0. The van der Waals surface area contributed by atoms with Crippen molar-refractivity contribution in [2.24, 2.45) is 0 Å². The van der Waals surface area contributed by atoms with Gasteiger partial charge < -0.3 is 14.9 Å². The van der Waals surface area contributed by atoms with Gasteiger partial charge in [-0.1, -0.05) is 35.9 Å². The van der Waals surface area contributed by atoms with E-state index in [4.69, 9.17) is 0 Å². The van der Waals surface area contributed by atoms with Crippen molar-refractivity contribution in [1.82, 2.24) is 0 Å². The molecule has 0 nitrogen and oxygen atoms in total. The van der Waals surface area contributed by atoms with E-state index in [0.29, 0.717) is 5.92 Å². The summed E-state index contributed by atoms with van der Waals surface area (Å²) in [4.78, 5) is 0. The Balaban J connectivity index is 0.000000578. The molecule has 0 saturated heterocycles. The maximum Gasteiger partial charge on any atom is 4.00 e. The Hall–Kier alpha value is -1.60. The Morgan fingerprint density at radius 3 is 2.25 bits per heavy atom. The fourth-order valence-electron chi connectivity index (χ4n) is 2.91. The average Bonchev–Trinajstić information content (AvgIpc) is 3.20. The van der Waals surface area contributed by atoms with Crippen molar-refractivity contribution in [2.75, 3.05) is 0 Å². The first-order valence-corrected chi connectivity index (χ1v) is 7.29. The summed E-state index contributed by atoms with van der Waals surface area (Å²) in [6.07, 6.45) is 2.99. The summed E-state index contributed by atoms with van der Waals surface area (Å²) in [6, 6.07) is 28.3. The molecule has 0 amide bonds. The van der Waals surface area contributed by atoms with Gasteiger partial charge in [0.2, 0.25) is 0 Å². The SMILES string of the molecule is C=CCC1c2[c-]cccc2-c2ccccc21.[CH3-].[CH3-].[Hf+4].c1cc[cH-]c1. The van der Waals surface area contributed by atoms with Crippen molar-refractivity contribution in [2.45, 2.75) is 12.3 Å². The zero-order chi connectivity index (χ0) is 14.5. The van der Waals surface area contributed by atoms with Crippen LogP contribution in [0.4, 0.5) is 0 Å². The zero-order valence-corrected chi connectivity index (χ0v) is 18.1. The molecule has 120 valence electrons. The fraction of sp³-hybridized carbons (Fsp3) is 0.0870. The van der Waals surface area contributed by atoms with E-state index >= 15 is 0 Å². The van der Waals surface area contributed by atoms with Gasteiger partial charge in [0.1, 0.15) is 0 Å². The minimum Gasteiger partial charge on any atom is -0.358 e. The minimum absolute atomic E-state index is 0. The molecule has 1 atom stereocenters. The molecule has 0 radical (unpaired) electrons. The van der Waals surface area contributed by atoms with Crippen LogP contribution in [0.5, 0.6) is 0 Å². The van der Waals surface area contributed by atoms with Crippen molar-refractivity contribution in [1.29, 1.82) is 0 Å². The van der Waals surface area contributed by atoms with Gasteiger partial charge in [0, 0.05) is 0 Å².